The number of rotatable bonds is 0. The Labute approximate surface area is 103 Å². The van der Waals surface area contributed by atoms with Gasteiger partial charge in [-0.3, -0.25) is 4.79 Å². The van der Waals surface area contributed by atoms with Crippen molar-refractivity contribution < 1.29 is 4.79 Å². The fourth-order valence-electron chi connectivity index (χ4n) is 2.65. The van der Waals surface area contributed by atoms with Gasteiger partial charge >= 0.3 is 0 Å². The summed E-state index contributed by atoms with van der Waals surface area (Å²) in [5.74, 6) is 0.115. The molecule has 1 aromatic rings. The van der Waals surface area contributed by atoms with Crippen LogP contribution in [0, 0.1) is 0 Å². The zero-order chi connectivity index (χ0) is 11.2. The van der Waals surface area contributed by atoms with Gasteiger partial charge in [-0.25, -0.2) is 0 Å². The molecule has 84 valence electrons. The highest BCUT2D eigenvalue weighted by Gasteiger charge is 2.44. The standard InChI is InChI=1S/C12H13BrN2O/c13-9-4-1-3-8-7-12(5-2-6-14-12)11(16)15-10(8)9/h1,3-4,14H,2,5-7H2,(H,15,16)/t12-/m0/s1. The van der Waals surface area contributed by atoms with Gasteiger partial charge in [-0.05, 0) is 46.9 Å². The van der Waals surface area contributed by atoms with E-state index in [9.17, 15) is 4.79 Å². The Kier molecular flexibility index (Phi) is 2.30. The largest absolute Gasteiger partial charge is 0.323 e. The van der Waals surface area contributed by atoms with E-state index >= 15 is 0 Å². The number of anilines is 1. The van der Waals surface area contributed by atoms with E-state index in [1.54, 1.807) is 0 Å². The van der Waals surface area contributed by atoms with Crippen LogP contribution in [-0.2, 0) is 11.2 Å². The third kappa shape index (κ3) is 1.40. The third-order valence-electron chi connectivity index (χ3n) is 3.51. The summed E-state index contributed by atoms with van der Waals surface area (Å²) in [6.07, 6.45) is 2.81. The molecule has 1 fully saturated rings. The highest BCUT2D eigenvalue weighted by molar-refractivity contribution is 9.10. The van der Waals surface area contributed by atoms with Gasteiger partial charge in [0.15, 0.2) is 0 Å². The fourth-order valence-corrected chi connectivity index (χ4v) is 3.15. The van der Waals surface area contributed by atoms with E-state index in [1.807, 2.05) is 12.1 Å². The first-order chi connectivity index (χ1) is 7.71. The lowest BCUT2D eigenvalue weighted by molar-refractivity contribution is -0.122. The molecule has 1 aromatic carbocycles. The summed E-state index contributed by atoms with van der Waals surface area (Å²) in [5.41, 5.74) is 1.79. The lowest BCUT2D eigenvalue weighted by atomic mass is 9.84. The Morgan fingerprint density at radius 2 is 2.25 bits per heavy atom. The Balaban J connectivity index is 2.05. The molecule has 0 saturated carbocycles. The zero-order valence-corrected chi connectivity index (χ0v) is 10.4. The zero-order valence-electron chi connectivity index (χ0n) is 8.85. The maximum Gasteiger partial charge on any atom is 0.245 e. The summed E-state index contributed by atoms with van der Waals surface area (Å²) in [5, 5.41) is 6.37. The van der Waals surface area contributed by atoms with Gasteiger partial charge in [0.25, 0.3) is 0 Å². The normalized spacial score (nSPS) is 27.9. The average molecular weight is 281 g/mol. The quantitative estimate of drug-likeness (QED) is 0.764. The van der Waals surface area contributed by atoms with E-state index in [4.69, 9.17) is 0 Å². The molecule has 2 aliphatic heterocycles. The lowest BCUT2D eigenvalue weighted by Gasteiger charge is -2.34. The number of benzene rings is 1. The summed E-state index contributed by atoms with van der Waals surface area (Å²) in [6, 6.07) is 6.06. The summed E-state index contributed by atoms with van der Waals surface area (Å²) < 4.78 is 0.964. The van der Waals surface area contributed by atoms with Crippen molar-refractivity contribution >= 4 is 27.5 Å². The molecule has 1 atom stereocenters. The number of carbonyl (C=O) groups is 1. The van der Waals surface area contributed by atoms with E-state index in [0.29, 0.717) is 0 Å². The fraction of sp³-hybridized carbons (Fsp3) is 0.417. The number of nitrogens with one attached hydrogen (secondary N) is 2. The van der Waals surface area contributed by atoms with Gasteiger partial charge in [-0.15, -0.1) is 0 Å². The Bertz CT molecular complexity index is 452. The van der Waals surface area contributed by atoms with Crippen LogP contribution in [0.25, 0.3) is 0 Å². The van der Waals surface area contributed by atoms with Crippen LogP contribution < -0.4 is 10.6 Å². The molecule has 4 heteroatoms. The van der Waals surface area contributed by atoms with Crippen molar-refractivity contribution in [3.63, 3.8) is 0 Å². The minimum absolute atomic E-state index is 0.115. The molecular weight excluding hydrogens is 268 g/mol. The van der Waals surface area contributed by atoms with Crippen molar-refractivity contribution in [1.82, 2.24) is 5.32 Å². The molecule has 0 unspecified atom stereocenters. The summed E-state index contributed by atoms with van der Waals surface area (Å²) in [4.78, 5) is 12.1. The third-order valence-corrected chi connectivity index (χ3v) is 4.17. The van der Waals surface area contributed by atoms with Gasteiger partial charge in [-0.1, -0.05) is 12.1 Å². The number of amides is 1. The first kappa shape index (κ1) is 10.3. The maximum atomic E-state index is 12.1. The van der Waals surface area contributed by atoms with Gasteiger partial charge in [0, 0.05) is 10.9 Å². The molecule has 2 aliphatic rings. The molecular formula is C12H13BrN2O. The second-order valence-corrected chi connectivity index (χ2v) is 5.37. The topological polar surface area (TPSA) is 41.1 Å². The Hall–Kier alpha value is -0.870. The van der Waals surface area contributed by atoms with Crippen molar-refractivity contribution in [1.29, 1.82) is 0 Å². The predicted molar refractivity (Wildman–Crippen MR) is 66.4 cm³/mol. The maximum absolute atomic E-state index is 12.1. The van der Waals surface area contributed by atoms with Crippen LogP contribution in [0.15, 0.2) is 22.7 Å². The lowest BCUT2D eigenvalue weighted by Crippen LogP contribution is -2.54. The smallest absolute Gasteiger partial charge is 0.245 e. The number of halogens is 1. The Morgan fingerprint density at radius 3 is 3.00 bits per heavy atom. The van der Waals surface area contributed by atoms with Crippen LogP contribution in [0.5, 0.6) is 0 Å². The van der Waals surface area contributed by atoms with Crippen molar-refractivity contribution in [2.75, 3.05) is 11.9 Å². The minimum Gasteiger partial charge on any atom is -0.323 e. The number of fused-ring (bicyclic) bond motifs is 1. The first-order valence-electron chi connectivity index (χ1n) is 5.55. The highest BCUT2D eigenvalue weighted by Crippen LogP contribution is 2.37. The van der Waals surface area contributed by atoms with E-state index in [2.05, 4.69) is 32.6 Å². The van der Waals surface area contributed by atoms with Crippen LogP contribution in [-0.4, -0.2) is 18.0 Å². The molecule has 3 nitrogen and oxygen atoms in total. The molecule has 0 aliphatic carbocycles. The van der Waals surface area contributed by atoms with Crippen LogP contribution >= 0.6 is 15.9 Å². The van der Waals surface area contributed by atoms with Crippen molar-refractivity contribution in [3.8, 4) is 0 Å². The van der Waals surface area contributed by atoms with Crippen molar-refractivity contribution in [2.24, 2.45) is 0 Å². The van der Waals surface area contributed by atoms with Crippen molar-refractivity contribution in [2.45, 2.75) is 24.8 Å². The summed E-state index contributed by atoms with van der Waals surface area (Å²) >= 11 is 3.47. The van der Waals surface area contributed by atoms with Gasteiger partial charge < -0.3 is 10.6 Å². The van der Waals surface area contributed by atoms with Crippen LogP contribution in [0.1, 0.15) is 18.4 Å². The highest BCUT2D eigenvalue weighted by atomic mass is 79.9. The molecule has 0 aromatic heterocycles. The number of hydrogen-bond acceptors (Lipinski definition) is 2. The Morgan fingerprint density at radius 1 is 1.38 bits per heavy atom. The van der Waals surface area contributed by atoms with Gasteiger partial charge in [0.1, 0.15) is 5.54 Å². The molecule has 0 bridgehead atoms. The average Bonchev–Trinajstić information content (AvgIpc) is 2.71. The van der Waals surface area contributed by atoms with E-state index < -0.39 is 0 Å². The molecule has 2 N–H and O–H groups in total. The number of hydrogen-bond donors (Lipinski definition) is 2. The van der Waals surface area contributed by atoms with Crippen molar-refractivity contribution in [3.05, 3.63) is 28.2 Å². The van der Waals surface area contributed by atoms with Crippen LogP contribution in [0.2, 0.25) is 0 Å². The molecule has 2 heterocycles. The second-order valence-electron chi connectivity index (χ2n) is 4.52. The summed E-state index contributed by atoms with van der Waals surface area (Å²) in [7, 11) is 0. The molecule has 1 amide bonds. The van der Waals surface area contributed by atoms with Gasteiger partial charge in [0.2, 0.25) is 5.91 Å². The minimum atomic E-state index is -0.353. The van der Waals surface area contributed by atoms with E-state index in [1.165, 1.54) is 5.56 Å². The molecule has 1 saturated heterocycles. The number of carbonyl (C=O) groups excluding carboxylic acids is 1. The van der Waals surface area contributed by atoms with Crippen LogP contribution in [0.3, 0.4) is 0 Å². The van der Waals surface area contributed by atoms with E-state index in [-0.39, 0.29) is 11.4 Å². The molecule has 1 spiro atoms. The molecule has 0 radical (unpaired) electrons. The molecule has 3 rings (SSSR count). The first-order valence-corrected chi connectivity index (χ1v) is 6.34. The number of para-hydroxylation sites is 1. The predicted octanol–water partition coefficient (Wildman–Crippen LogP) is 2.07. The second kappa shape index (κ2) is 3.57. The van der Waals surface area contributed by atoms with E-state index in [0.717, 1.165) is 36.0 Å². The summed E-state index contributed by atoms with van der Waals surface area (Å²) in [6.45, 7) is 0.941. The monoisotopic (exact) mass is 280 g/mol. The van der Waals surface area contributed by atoms with Gasteiger partial charge in [-0.2, -0.15) is 0 Å². The van der Waals surface area contributed by atoms with Gasteiger partial charge in [0.05, 0.1) is 5.69 Å². The van der Waals surface area contributed by atoms with Crippen LogP contribution in [0.4, 0.5) is 5.69 Å². The molecule has 16 heavy (non-hydrogen) atoms. The SMILES string of the molecule is O=C1Nc2c(Br)cccc2C[C@@]12CCCN2.